The van der Waals surface area contributed by atoms with E-state index in [1.807, 2.05) is 25.5 Å². The molecule has 20 heavy (non-hydrogen) atoms. The quantitative estimate of drug-likeness (QED) is 0.934. The largest absolute Gasteiger partial charge is 0.493 e. The highest BCUT2D eigenvalue weighted by Crippen LogP contribution is 2.31. The zero-order valence-corrected chi connectivity index (χ0v) is 12.2. The Bertz CT molecular complexity index is 607. The Labute approximate surface area is 118 Å². The van der Waals surface area contributed by atoms with Crippen LogP contribution in [0.2, 0.25) is 0 Å². The molecule has 0 bridgehead atoms. The van der Waals surface area contributed by atoms with E-state index in [4.69, 9.17) is 10.5 Å². The minimum atomic E-state index is -0.481. The van der Waals surface area contributed by atoms with E-state index in [1.54, 1.807) is 19.4 Å². The lowest BCUT2D eigenvalue weighted by molar-refractivity contribution is 0.400. The molecule has 0 aliphatic carbocycles. The van der Waals surface area contributed by atoms with Gasteiger partial charge in [-0.15, -0.1) is 0 Å². The topological polar surface area (TPSA) is 53.1 Å². The maximum atomic E-state index is 13.5. The maximum Gasteiger partial charge on any atom is 0.161 e. The lowest BCUT2D eigenvalue weighted by atomic mass is 9.98. The van der Waals surface area contributed by atoms with Crippen molar-refractivity contribution >= 4 is 0 Å². The van der Waals surface area contributed by atoms with Gasteiger partial charge in [-0.2, -0.15) is 5.10 Å². The van der Waals surface area contributed by atoms with E-state index in [-0.39, 0.29) is 11.9 Å². The second-order valence-corrected chi connectivity index (χ2v) is 5.12. The van der Waals surface area contributed by atoms with Gasteiger partial charge in [-0.1, -0.05) is 6.07 Å². The van der Waals surface area contributed by atoms with Gasteiger partial charge in [0.1, 0.15) is 11.5 Å². The first-order valence-electron chi connectivity index (χ1n) is 6.58. The lowest BCUT2D eigenvalue weighted by Gasteiger charge is -2.20. The van der Waals surface area contributed by atoms with E-state index in [9.17, 15) is 4.39 Å². The molecule has 4 nitrogen and oxygen atoms in total. The molecule has 1 aromatic carbocycles. The van der Waals surface area contributed by atoms with E-state index >= 15 is 0 Å². The van der Waals surface area contributed by atoms with Crippen LogP contribution < -0.4 is 10.5 Å². The molecule has 0 fully saturated rings. The van der Waals surface area contributed by atoms with E-state index in [1.165, 1.54) is 12.1 Å². The number of rotatable bonds is 4. The fraction of sp³-hybridized carbons (Fsp3) is 0.400. The second kappa shape index (κ2) is 5.63. The SMILES string of the molecule is COc1cnn(C(C)C)c1C(N)c1cc(F)ccc1C. The van der Waals surface area contributed by atoms with Gasteiger partial charge in [-0.05, 0) is 44.0 Å². The zero-order valence-electron chi connectivity index (χ0n) is 12.2. The molecule has 108 valence electrons. The van der Waals surface area contributed by atoms with Crippen LogP contribution >= 0.6 is 0 Å². The highest BCUT2D eigenvalue weighted by Gasteiger charge is 2.23. The van der Waals surface area contributed by atoms with Crippen molar-refractivity contribution in [3.05, 3.63) is 47.0 Å². The summed E-state index contributed by atoms with van der Waals surface area (Å²) in [7, 11) is 1.58. The molecule has 0 aliphatic rings. The molecule has 1 aromatic heterocycles. The van der Waals surface area contributed by atoms with Crippen LogP contribution in [0.15, 0.2) is 24.4 Å². The predicted molar refractivity (Wildman–Crippen MR) is 76.3 cm³/mol. The molecule has 5 heteroatoms. The Morgan fingerprint density at radius 1 is 1.35 bits per heavy atom. The number of halogens is 1. The fourth-order valence-electron chi connectivity index (χ4n) is 2.31. The molecule has 1 atom stereocenters. The number of aryl methyl sites for hydroxylation is 1. The van der Waals surface area contributed by atoms with Gasteiger partial charge < -0.3 is 10.5 Å². The normalized spacial score (nSPS) is 12.8. The first-order valence-corrected chi connectivity index (χ1v) is 6.58. The van der Waals surface area contributed by atoms with Gasteiger partial charge in [-0.25, -0.2) is 4.39 Å². The molecule has 0 radical (unpaired) electrons. The van der Waals surface area contributed by atoms with Gasteiger partial charge in [0.2, 0.25) is 0 Å². The van der Waals surface area contributed by atoms with Crippen molar-refractivity contribution in [2.45, 2.75) is 32.9 Å². The van der Waals surface area contributed by atoms with Crippen LogP contribution in [0, 0.1) is 12.7 Å². The number of aromatic nitrogens is 2. The fourth-order valence-corrected chi connectivity index (χ4v) is 2.31. The van der Waals surface area contributed by atoms with Crippen LogP contribution in [0.3, 0.4) is 0 Å². The first kappa shape index (κ1) is 14.5. The Balaban J connectivity index is 2.55. The van der Waals surface area contributed by atoms with Crippen molar-refractivity contribution in [2.75, 3.05) is 7.11 Å². The van der Waals surface area contributed by atoms with E-state index in [2.05, 4.69) is 5.10 Å². The van der Waals surface area contributed by atoms with Crippen molar-refractivity contribution in [1.29, 1.82) is 0 Å². The molecule has 0 spiro atoms. The third-order valence-corrected chi connectivity index (χ3v) is 3.38. The molecule has 1 unspecified atom stereocenters. The molecular weight excluding hydrogens is 257 g/mol. The van der Waals surface area contributed by atoms with Crippen molar-refractivity contribution in [3.63, 3.8) is 0 Å². The van der Waals surface area contributed by atoms with Crippen LogP contribution in [-0.2, 0) is 0 Å². The molecule has 0 aliphatic heterocycles. The Morgan fingerprint density at radius 2 is 2.05 bits per heavy atom. The highest BCUT2D eigenvalue weighted by molar-refractivity contribution is 5.40. The number of methoxy groups -OCH3 is 1. The molecule has 0 saturated heterocycles. The average molecular weight is 277 g/mol. The second-order valence-electron chi connectivity index (χ2n) is 5.12. The van der Waals surface area contributed by atoms with Crippen LogP contribution in [0.25, 0.3) is 0 Å². The summed E-state index contributed by atoms with van der Waals surface area (Å²) in [5.74, 6) is 0.325. The molecule has 0 amide bonds. The van der Waals surface area contributed by atoms with Crippen molar-refractivity contribution in [1.82, 2.24) is 9.78 Å². The van der Waals surface area contributed by atoms with Crippen molar-refractivity contribution in [2.24, 2.45) is 5.73 Å². The van der Waals surface area contributed by atoms with Gasteiger partial charge in [-0.3, -0.25) is 4.68 Å². The summed E-state index contributed by atoms with van der Waals surface area (Å²) in [6.45, 7) is 5.94. The number of ether oxygens (including phenoxy) is 1. The minimum absolute atomic E-state index is 0.147. The number of hydrogen-bond donors (Lipinski definition) is 1. The monoisotopic (exact) mass is 277 g/mol. The molecule has 2 aromatic rings. The average Bonchev–Trinajstić information content (AvgIpc) is 2.84. The standard InChI is InChI=1S/C15H20FN3O/c1-9(2)19-15(13(20-4)8-18-19)14(17)12-7-11(16)6-5-10(12)3/h5-9,14H,17H2,1-4H3. The van der Waals surface area contributed by atoms with E-state index in [0.29, 0.717) is 5.75 Å². The van der Waals surface area contributed by atoms with Crippen LogP contribution in [0.1, 0.15) is 42.8 Å². The Hall–Kier alpha value is -1.88. The summed E-state index contributed by atoms with van der Waals surface area (Å²) < 4.78 is 20.6. The van der Waals surface area contributed by atoms with Gasteiger partial charge >= 0.3 is 0 Å². The molecule has 0 saturated carbocycles. The van der Waals surface area contributed by atoms with Gasteiger partial charge in [0.05, 0.1) is 19.3 Å². The molecule has 1 heterocycles. The summed E-state index contributed by atoms with van der Waals surface area (Å²) in [5, 5.41) is 4.30. The molecular formula is C15H20FN3O. The van der Waals surface area contributed by atoms with Crippen molar-refractivity contribution in [3.8, 4) is 5.75 Å². The van der Waals surface area contributed by atoms with E-state index < -0.39 is 6.04 Å². The zero-order chi connectivity index (χ0) is 14.9. The van der Waals surface area contributed by atoms with Crippen LogP contribution in [0.5, 0.6) is 5.75 Å². The Kier molecular flexibility index (Phi) is 4.09. The summed E-state index contributed by atoms with van der Waals surface area (Å²) in [5.41, 5.74) is 8.78. The highest BCUT2D eigenvalue weighted by atomic mass is 19.1. The predicted octanol–water partition coefficient (Wildman–Crippen LogP) is 2.97. The first-order chi connectivity index (χ1) is 9.45. The third kappa shape index (κ3) is 2.54. The van der Waals surface area contributed by atoms with Gasteiger partial charge in [0, 0.05) is 6.04 Å². The van der Waals surface area contributed by atoms with Crippen LogP contribution in [0.4, 0.5) is 4.39 Å². The van der Waals surface area contributed by atoms with Crippen LogP contribution in [-0.4, -0.2) is 16.9 Å². The lowest BCUT2D eigenvalue weighted by Crippen LogP contribution is -2.20. The minimum Gasteiger partial charge on any atom is -0.493 e. The summed E-state index contributed by atoms with van der Waals surface area (Å²) in [6, 6.07) is 4.30. The summed E-state index contributed by atoms with van der Waals surface area (Å²) in [6.07, 6.45) is 1.64. The molecule has 2 rings (SSSR count). The van der Waals surface area contributed by atoms with Gasteiger partial charge in [0.25, 0.3) is 0 Å². The van der Waals surface area contributed by atoms with Crippen molar-refractivity contribution < 1.29 is 9.13 Å². The number of hydrogen-bond acceptors (Lipinski definition) is 3. The van der Waals surface area contributed by atoms with Gasteiger partial charge in [0.15, 0.2) is 5.75 Å². The number of benzene rings is 1. The summed E-state index contributed by atoms with van der Waals surface area (Å²) >= 11 is 0. The Morgan fingerprint density at radius 3 is 2.65 bits per heavy atom. The smallest absolute Gasteiger partial charge is 0.161 e. The number of nitrogens with two attached hydrogens (primary N) is 1. The summed E-state index contributed by atoms with van der Waals surface area (Å²) in [4.78, 5) is 0. The number of nitrogens with zero attached hydrogens (tertiary/aromatic N) is 2. The molecule has 2 N–H and O–H groups in total. The van der Waals surface area contributed by atoms with E-state index in [0.717, 1.165) is 16.8 Å². The maximum absolute atomic E-state index is 13.5. The third-order valence-electron chi connectivity index (χ3n) is 3.38.